The highest BCUT2D eigenvalue weighted by atomic mass is 32.2. The van der Waals surface area contributed by atoms with E-state index in [0.29, 0.717) is 30.4 Å². The highest BCUT2D eigenvalue weighted by molar-refractivity contribution is 7.89. The van der Waals surface area contributed by atoms with Crippen LogP contribution in [-0.4, -0.2) is 56.2 Å². The Kier molecular flexibility index (Phi) is 4.91. The van der Waals surface area contributed by atoms with Gasteiger partial charge in [-0.25, -0.2) is 8.42 Å². The second-order valence-corrected chi connectivity index (χ2v) is 7.55. The number of carbonyl (C=O) groups excluding carboxylic acids is 1. The number of nitrogens with zero attached hydrogens (tertiary/aromatic N) is 2. The van der Waals surface area contributed by atoms with Crippen molar-refractivity contribution in [2.75, 3.05) is 32.7 Å². The summed E-state index contributed by atoms with van der Waals surface area (Å²) in [5.74, 6) is -0.389. The van der Waals surface area contributed by atoms with Gasteiger partial charge in [-0.05, 0) is 25.1 Å². The first-order valence-corrected chi connectivity index (χ1v) is 9.30. The fourth-order valence-electron chi connectivity index (χ4n) is 2.94. The number of nitrogens with two attached hydrogens (primary N) is 1. The van der Waals surface area contributed by atoms with E-state index in [1.807, 2.05) is 0 Å². The molecule has 7 nitrogen and oxygen atoms in total. The lowest BCUT2D eigenvalue weighted by molar-refractivity contribution is 0.0998. The predicted octanol–water partition coefficient (Wildman–Crippen LogP) is 0.360. The van der Waals surface area contributed by atoms with E-state index in [1.54, 1.807) is 18.3 Å². The third-order valence-electron chi connectivity index (χ3n) is 4.15. The maximum atomic E-state index is 13.3. The molecule has 1 aromatic carbocycles. The molecule has 0 unspecified atom stereocenters. The Bertz CT molecular complexity index is 859. The topological polar surface area (TPSA) is 105 Å². The van der Waals surface area contributed by atoms with Crippen LogP contribution in [0.2, 0.25) is 0 Å². The molecule has 1 fully saturated rings. The van der Waals surface area contributed by atoms with Gasteiger partial charge in [0, 0.05) is 48.4 Å². The second kappa shape index (κ2) is 6.94. The predicted molar refractivity (Wildman–Crippen MR) is 91.4 cm³/mol. The lowest BCUT2D eigenvalue weighted by Gasteiger charge is -2.22. The van der Waals surface area contributed by atoms with Gasteiger partial charge >= 0.3 is 0 Å². The van der Waals surface area contributed by atoms with E-state index >= 15 is 0 Å². The zero-order chi connectivity index (χ0) is 17.2. The number of pyridine rings is 1. The van der Waals surface area contributed by atoms with E-state index in [1.165, 1.54) is 16.6 Å². The average molecular weight is 348 g/mol. The highest BCUT2D eigenvalue weighted by Gasteiger charge is 2.31. The van der Waals surface area contributed by atoms with Crippen molar-refractivity contribution in [1.82, 2.24) is 14.6 Å². The highest BCUT2D eigenvalue weighted by Crippen LogP contribution is 2.29. The average Bonchev–Trinajstić information content (AvgIpc) is 2.90. The molecule has 0 radical (unpaired) electrons. The number of sulfonamides is 1. The molecule has 1 aliphatic rings. The van der Waals surface area contributed by atoms with E-state index in [0.717, 1.165) is 13.0 Å². The summed E-state index contributed by atoms with van der Waals surface area (Å²) >= 11 is 0. The molecular weight excluding hydrogens is 328 g/mol. The molecule has 0 saturated carbocycles. The molecule has 2 aromatic rings. The minimum atomic E-state index is -3.81. The molecule has 0 atom stereocenters. The van der Waals surface area contributed by atoms with Gasteiger partial charge in [0.15, 0.2) is 5.78 Å². The molecule has 1 saturated heterocycles. The van der Waals surface area contributed by atoms with Gasteiger partial charge in [0.25, 0.3) is 0 Å². The van der Waals surface area contributed by atoms with Gasteiger partial charge in [-0.15, -0.1) is 0 Å². The van der Waals surface area contributed by atoms with Gasteiger partial charge in [-0.1, -0.05) is 6.07 Å². The Morgan fingerprint density at radius 1 is 1.25 bits per heavy atom. The SMILES string of the molecule is NCC(=O)c1ccc2cnccc2c1S(=O)(=O)N1CCCNCC1. The van der Waals surface area contributed by atoms with Crippen LogP contribution in [-0.2, 0) is 10.0 Å². The molecule has 128 valence electrons. The maximum Gasteiger partial charge on any atom is 0.244 e. The lowest BCUT2D eigenvalue weighted by Crippen LogP contribution is -2.35. The van der Waals surface area contributed by atoms with Gasteiger partial charge < -0.3 is 11.1 Å². The molecule has 24 heavy (non-hydrogen) atoms. The van der Waals surface area contributed by atoms with Gasteiger partial charge in [0.1, 0.15) is 4.90 Å². The first kappa shape index (κ1) is 17.0. The first-order valence-electron chi connectivity index (χ1n) is 7.86. The summed E-state index contributed by atoms with van der Waals surface area (Å²) in [6, 6.07) is 4.86. The third kappa shape index (κ3) is 3.05. The van der Waals surface area contributed by atoms with Crippen LogP contribution in [0.25, 0.3) is 10.8 Å². The molecule has 0 spiro atoms. The fraction of sp³-hybridized carbons (Fsp3) is 0.375. The third-order valence-corrected chi connectivity index (χ3v) is 6.15. The molecule has 0 amide bonds. The van der Waals surface area contributed by atoms with Crippen LogP contribution in [0.3, 0.4) is 0 Å². The Hall–Kier alpha value is -1.87. The van der Waals surface area contributed by atoms with Crippen LogP contribution >= 0.6 is 0 Å². The van der Waals surface area contributed by atoms with Gasteiger partial charge in [-0.2, -0.15) is 4.31 Å². The Morgan fingerprint density at radius 3 is 2.88 bits per heavy atom. The number of benzene rings is 1. The number of nitrogens with one attached hydrogen (secondary N) is 1. The minimum Gasteiger partial charge on any atom is -0.324 e. The molecule has 1 aliphatic heterocycles. The van der Waals surface area contributed by atoms with Crippen LogP contribution in [0.1, 0.15) is 16.8 Å². The first-order chi connectivity index (χ1) is 11.6. The van der Waals surface area contributed by atoms with E-state index in [-0.39, 0.29) is 22.8 Å². The number of Topliss-reactive ketones (excluding diaryl/α,β-unsaturated/α-hetero) is 1. The zero-order valence-electron chi connectivity index (χ0n) is 13.2. The van der Waals surface area contributed by atoms with Crippen molar-refractivity contribution < 1.29 is 13.2 Å². The second-order valence-electron chi connectivity index (χ2n) is 5.67. The van der Waals surface area contributed by atoms with Crippen LogP contribution in [0.15, 0.2) is 35.5 Å². The Morgan fingerprint density at radius 2 is 2.08 bits per heavy atom. The molecule has 2 heterocycles. The van der Waals surface area contributed by atoms with Crippen molar-refractivity contribution in [2.45, 2.75) is 11.3 Å². The monoisotopic (exact) mass is 348 g/mol. The molecule has 8 heteroatoms. The smallest absolute Gasteiger partial charge is 0.244 e. The molecule has 3 rings (SSSR count). The van der Waals surface area contributed by atoms with Crippen molar-refractivity contribution in [3.05, 3.63) is 36.2 Å². The van der Waals surface area contributed by atoms with E-state index in [4.69, 9.17) is 5.73 Å². The quantitative estimate of drug-likeness (QED) is 0.773. The Labute approximate surface area is 140 Å². The summed E-state index contributed by atoms with van der Waals surface area (Å²) in [6.45, 7) is 1.93. The number of hydrogen-bond donors (Lipinski definition) is 2. The lowest BCUT2D eigenvalue weighted by atomic mass is 10.1. The molecule has 1 aromatic heterocycles. The zero-order valence-corrected chi connectivity index (χ0v) is 14.1. The van der Waals surface area contributed by atoms with Crippen molar-refractivity contribution >= 4 is 26.6 Å². The summed E-state index contributed by atoms with van der Waals surface area (Å²) in [5.41, 5.74) is 5.63. The van der Waals surface area contributed by atoms with Crippen LogP contribution in [0.5, 0.6) is 0 Å². The van der Waals surface area contributed by atoms with Crippen LogP contribution in [0.4, 0.5) is 0 Å². The number of rotatable bonds is 4. The minimum absolute atomic E-state index is 0.0414. The fourth-order valence-corrected chi connectivity index (χ4v) is 4.82. The van der Waals surface area contributed by atoms with Gasteiger partial charge in [0.05, 0.1) is 6.54 Å². The van der Waals surface area contributed by atoms with Crippen molar-refractivity contribution in [2.24, 2.45) is 5.73 Å². The van der Waals surface area contributed by atoms with E-state index in [2.05, 4.69) is 10.3 Å². The van der Waals surface area contributed by atoms with Gasteiger partial charge in [0.2, 0.25) is 10.0 Å². The van der Waals surface area contributed by atoms with E-state index in [9.17, 15) is 13.2 Å². The van der Waals surface area contributed by atoms with Crippen molar-refractivity contribution in [3.8, 4) is 0 Å². The standard InChI is InChI=1S/C16H20N4O3S/c17-10-15(21)14-3-2-12-11-19-6-4-13(12)16(14)24(22,23)20-8-1-5-18-7-9-20/h2-4,6,11,18H,1,5,7-10,17H2. The van der Waals surface area contributed by atoms with Crippen LogP contribution in [0, 0.1) is 0 Å². The number of hydrogen-bond acceptors (Lipinski definition) is 6. The number of ketones is 1. The molecule has 0 aliphatic carbocycles. The van der Waals surface area contributed by atoms with E-state index < -0.39 is 10.0 Å². The molecule has 3 N–H and O–H groups in total. The normalized spacial score (nSPS) is 16.9. The van der Waals surface area contributed by atoms with Gasteiger partial charge in [-0.3, -0.25) is 9.78 Å². The summed E-state index contributed by atoms with van der Waals surface area (Å²) in [6.07, 6.45) is 3.85. The number of carbonyl (C=O) groups is 1. The molecular formula is C16H20N4O3S. The summed E-state index contributed by atoms with van der Waals surface area (Å²) in [5, 5.41) is 4.36. The number of fused-ring (bicyclic) bond motifs is 1. The largest absolute Gasteiger partial charge is 0.324 e. The number of aromatic nitrogens is 1. The van der Waals surface area contributed by atoms with Crippen molar-refractivity contribution in [1.29, 1.82) is 0 Å². The summed E-state index contributed by atoms with van der Waals surface area (Å²) in [4.78, 5) is 16.3. The molecule has 0 bridgehead atoms. The summed E-state index contributed by atoms with van der Waals surface area (Å²) in [7, 11) is -3.81. The Balaban J connectivity index is 2.23. The van der Waals surface area contributed by atoms with Crippen molar-refractivity contribution in [3.63, 3.8) is 0 Å². The summed E-state index contributed by atoms with van der Waals surface area (Å²) < 4.78 is 28.0. The maximum absolute atomic E-state index is 13.3. The van der Waals surface area contributed by atoms with Crippen LogP contribution < -0.4 is 11.1 Å².